The second-order valence-corrected chi connectivity index (χ2v) is 35.3. The summed E-state index contributed by atoms with van der Waals surface area (Å²) in [5, 5.41) is 62.3. The molecule has 0 amide bonds. The largest absolute Gasteiger partial charge is 1.00 e. The molecule has 0 aromatic heterocycles. The fraction of sp³-hybridized carbons (Fsp3) is 0.325. The Morgan fingerprint density at radius 2 is 0.418 bits per heavy atom. The molecule has 0 saturated carbocycles. The number of aliphatic hydroxyl groups excluding tert-OH is 6. The van der Waals surface area contributed by atoms with Crippen LogP contribution in [0, 0.1) is 0 Å². The van der Waals surface area contributed by atoms with Gasteiger partial charge in [0.1, 0.15) is 88.4 Å². The van der Waals surface area contributed by atoms with Gasteiger partial charge < -0.3 is 89.3 Å². The first-order valence-electron chi connectivity index (χ1n) is 46.8. The Morgan fingerprint density at radius 1 is 0.281 bits per heavy atom. The third kappa shape index (κ3) is 27.7. The molecular weight excluding hydrogens is 1880 g/mol. The monoisotopic (exact) mass is 2010 g/mol. The number of rotatable bonds is 19. The molecule has 0 atom stereocenters. The minimum absolute atomic E-state index is 0. The van der Waals surface area contributed by atoms with E-state index in [9.17, 15) is 52.8 Å². The zero-order chi connectivity index (χ0) is 104. The van der Waals surface area contributed by atoms with Crippen LogP contribution in [0.1, 0.15) is 206 Å². The summed E-state index contributed by atoms with van der Waals surface area (Å²) in [4.78, 5) is 67.2. The standard InChI is InChI=1S/C36H32O8.C35H38O7.C32H32O4.C6H12N4.C2HF3O2.C2H6O.CH4O.B.Na.H/c1-41-33-25-5-21(17-37)6-26(33)14-28-8-23(19-39)10-30(35(28)43-3)16-32-12-24(20-40)11-31(36(32)44-4)15-29-9-22(18-38)7-27(13-25)34(29)42-2;1-40-33-27-7-21-4-22(6-23(5-21)17-36)8-28-10-25(19-38)12-30(34(28)41-2)16-32-14-26(20-39)13-31(35(32)42-3)15-29(33)11-24(9-27)18-37;1-33-29-21-9-5-10-22(29)18-24-12-7-14-26(31(24)35-3)20-28-16-8-15-27(32(28)36-4)19-25-13-6-11-23(17-21)30(25)34-2;1-7-2-9-4-8(1)5-10(3-7)6-9;3-2(4,5)1(6)7;1-2-3;1-2;;;/h5-12,17-20H,13-16H2,1-4H3;4-6,9-14,36-39H,7-8,15-20H2,1-3H3;5-16H,17-20H2,1-4H3;1-6H2;(H,6,7);3H,2H2,1H3;2H,1H3;;;/q;;;;;;;;+1;-1. The Bertz CT molecular complexity index is 5770. The summed E-state index contributed by atoms with van der Waals surface area (Å²) in [6.07, 6.45) is 4.03. The van der Waals surface area contributed by atoms with Gasteiger partial charge in [0.2, 0.25) is 0 Å². The van der Waals surface area contributed by atoms with Crippen molar-refractivity contribution in [1.29, 1.82) is 0 Å². The van der Waals surface area contributed by atoms with Gasteiger partial charge in [0, 0.05) is 121 Å². The van der Waals surface area contributed by atoms with Crippen LogP contribution in [-0.2, 0) is 108 Å². The SMILES string of the molecule is C1N2CN3CN1CN(C2)C3.CCO.CO.COc1c2cc(C=O)cc1Cc1cc(C=O)cc(c1OC)Cc1cc(C=O)cc(c1OC)Cc1cc(C=O)cc(c1OC)C2.COc1c2cc(CO)cc1Cc1cc(CO)cc(c1OC)Cc1cc(CO)cc(c1OC)Cc1cc(CO)cc(c1)C2.COc1c2cccc1Cc1cccc(c1OC)Cc1cccc(c1OC)Cc1cccc(c1OC)C2.O=C(O)C(F)(F)F.[B].[H-].[Na+]. The number of halogens is 3. The van der Waals surface area contributed by atoms with E-state index in [4.69, 9.17) is 72.2 Å². The molecule has 28 bridgehead atoms. The van der Waals surface area contributed by atoms with Crippen LogP contribution in [0.25, 0.3) is 0 Å². The maximum absolute atomic E-state index is 12.1. The average Bonchev–Trinajstić information content (AvgIpc) is 0.772. The minimum Gasteiger partial charge on any atom is -1.00 e. The summed E-state index contributed by atoms with van der Waals surface area (Å²) in [5.41, 5.74) is 27.1. The maximum Gasteiger partial charge on any atom is 1.00 e. The van der Waals surface area contributed by atoms with E-state index in [1.807, 2.05) is 48.5 Å². The molecular formula is C114H126BF3N4NaO23. The molecule has 12 aromatic carbocycles. The summed E-state index contributed by atoms with van der Waals surface area (Å²) in [7, 11) is 19.2. The fourth-order valence-corrected chi connectivity index (χ4v) is 20.4. The van der Waals surface area contributed by atoms with Crippen molar-refractivity contribution in [3.8, 4) is 63.2 Å². The quantitative estimate of drug-likeness (QED) is 0.0292. The van der Waals surface area contributed by atoms with E-state index in [2.05, 4.69) is 98.5 Å². The Kier molecular flexibility index (Phi) is 42.9. The van der Waals surface area contributed by atoms with Crippen LogP contribution >= 0.6 is 0 Å². The van der Waals surface area contributed by atoms with Gasteiger partial charge in [0.25, 0.3) is 0 Å². The van der Waals surface area contributed by atoms with Crippen molar-refractivity contribution in [1.82, 2.24) is 19.6 Å². The molecule has 765 valence electrons. The molecule has 0 spiro atoms. The number of hydrogen-bond acceptors (Lipinski definition) is 26. The van der Waals surface area contributed by atoms with E-state index < -0.39 is 12.1 Å². The van der Waals surface area contributed by atoms with Crippen molar-refractivity contribution in [3.63, 3.8) is 0 Å². The van der Waals surface area contributed by atoms with Crippen LogP contribution in [0.5, 0.6) is 63.2 Å². The van der Waals surface area contributed by atoms with Crippen molar-refractivity contribution in [3.05, 3.63) is 354 Å². The third-order valence-corrected chi connectivity index (χ3v) is 25.6. The van der Waals surface area contributed by atoms with E-state index in [0.717, 1.165) is 223 Å². The van der Waals surface area contributed by atoms with E-state index >= 15 is 0 Å². The van der Waals surface area contributed by atoms with E-state index in [0.29, 0.717) is 128 Å². The van der Waals surface area contributed by atoms with Gasteiger partial charge in [0.15, 0.2) is 0 Å². The molecule has 3 aliphatic carbocycles. The normalized spacial score (nSPS) is 15.0. The van der Waals surface area contributed by atoms with E-state index in [1.165, 1.54) is 40.0 Å². The van der Waals surface area contributed by atoms with Crippen molar-refractivity contribution in [2.24, 2.45) is 0 Å². The first-order chi connectivity index (χ1) is 69.7. The number of aliphatic hydroxyl groups is 6. The number of ether oxygens (including phenoxy) is 11. The van der Waals surface area contributed by atoms with Crippen LogP contribution in [0.3, 0.4) is 0 Å². The average molecular weight is 2010 g/mol. The van der Waals surface area contributed by atoms with Crippen LogP contribution < -0.4 is 81.7 Å². The number of benzene rings is 12. The molecule has 4 heterocycles. The van der Waals surface area contributed by atoms with Crippen molar-refractivity contribution >= 4 is 39.5 Å². The smallest absolute Gasteiger partial charge is 1.00 e. The zero-order valence-electron chi connectivity index (χ0n) is 86.0. The molecule has 27 nitrogen and oxygen atoms in total. The van der Waals surface area contributed by atoms with Gasteiger partial charge in [-0.15, -0.1) is 0 Å². The Hall–Kier alpha value is -13.0. The topological polar surface area (TPSA) is 341 Å². The molecule has 3 radical (unpaired) electrons. The number of nitrogens with zero attached hydrogens (tertiary/aromatic N) is 4. The Balaban J connectivity index is 0.000000219. The third-order valence-electron chi connectivity index (χ3n) is 25.6. The van der Waals surface area contributed by atoms with Crippen molar-refractivity contribution in [2.45, 2.75) is 117 Å². The van der Waals surface area contributed by atoms with Gasteiger partial charge in [-0.1, -0.05) is 91.0 Å². The van der Waals surface area contributed by atoms with Gasteiger partial charge in [-0.3, -0.25) is 38.8 Å². The predicted molar refractivity (Wildman–Crippen MR) is 546 cm³/mol. The maximum atomic E-state index is 12.1. The molecule has 12 aromatic rings. The molecule has 4 aliphatic heterocycles. The fourth-order valence-electron chi connectivity index (χ4n) is 20.4. The number of carboxylic acids is 1. The van der Waals surface area contributed by atoms with Crippen molar-refractivity contribution in [2.75, 3.05) is 132 Å². The molecule has 7 aliphatic rings. The summed E-state index contributed by atoms with van der Waals surface area (Å²) >= 11 is 0. The molecule has 0 unspecified atom stereocenters. The number of fused-ring (bicyclic) bond motifs is 24. The molecule has 146 heavy (non-hydrogen) atoms. The zero-order valence-corrected chi connectivity index (χ0v) is 87.0. The number of hydrogen-bond donors (Lipinski definition) is 7. The minimum atomic E-state index is -5.08. The van der Waals surface area contributed by atoms with Gasteiger partial charge >= 0.3 is 41.7 Å². The molecule has 4 fully saturated rings. The Morgan fingerprint density at radius 3 is 0.562 bits per heavy atom. The van der Waals surface area contributed by atoms with Gasteiger partial charge in [-0.05, 0) is 248 Å². The van der Waals surface area contributed by atoms with Gasteiger partial charge in [-0.25, -0.2) is 4.79 Å². The second-order valence-electron chi connectivity index (χ2n) is 35.3. The summed E-state index contributed by atoms with van der Waals surface area (Å²) in [5.74, 6) is 5.35. The number of carbonyl (C=O) groups is 5. The number of para-hydroxylation sites is 4. The predicted octanol–water partition coefficient (Wildman–Crippen LogP) is 12.4. The van der Waals surface area contributed by atoms with Crippen LogP contribution in [0.4, 0.5) is 13.2 Å². The number of carbonyl (C=O) groups excluding carboxylic acids is 4. The van der Waals surface area contributed by atoms with E-state index in [1.54, 1.807) is 134 Å². The molecule has 32 heteroatoms. The first-order valence-corrected chi connectivity index (χ1v) is 46.8. The molecule has 7 N–H and O–H groups in total. The number of alkyl halides is 3. The van der Waals surface area contributed by atoms with Crippen LogP contribution in [-0.4, -0.2) is 233 Å². The summed E-state index contributed by atoms with van der Waals surface area (Å²) in [6.45, 7) is 8.59. The Labute approximate surface area is 875 Å². The summed E-state index contributed by atoms with van der Waals surface area (Å²) in [6, 6.07) is 57.4. The molecule has 4 saturated heterocycles. The number of aliphatic carboxylic acids is 1. The number of carboxylic acid groups (broad SMARTS) is 1. The second kappa shape index (κ2) is 54.5. The number of methoxy groups -OCH3 is 11. The van der Waals surface area contributed by atoms with Gasteiger partial charge in [0.05, 0.1) is 145 Å². The van der Waals surface area contributed by atoms with Crippen LogP contribution in [0.2, 0.25) is 0 Å². The molecule has 19 rings (SSSR count). The van der Waals surface area contributed by atoms with Crippen LogP contribution in [0.15, 0.2) is 176 Å². The van der Waals surface area contributed by atoms with Crippen molar-refractivity contribution < 1.29 is 156 Å². The summed E-state index contributed by atoms with van der Waals surface area (Å²) < 4.78 is 97.3. The number of aldehydes is 4. The van der Waals surface area contributed by atoms with E-state index in [-0.39, 0.29) is 72.4 Å². The van der Waals surface area contributed by atoms with Gasteiger partial charge in [-0.2, -0.15) is 13.2 Å². The first kappa shape index (κ1) is 115.